The van der Waals surface area contributed by atoms with Gasteiger partial charge in [0.1, 0.15) is 16.1 Å². The van der Waals surface area contributed by atoms with Crippen LogP contribution in [0.1, 0.15) is 18.6 Å². The average molecular weight is 477 g/mol. The number of halogens is 3. The Labute approximate surface area is 179 Å². The highest BCUT2D eigenvalue weighted by molar-refractivity contribution is 7.91. The highest BCUT2D eigenvalue weighted by Gasteiger charge is 2.43. The van der Waals surface area contributed by atoms with Gasteiger partial charge in [-0.3, -0.25) is 4.79 Å². The number of amides is 1. The van der Waals surface area contributed by atoms with Crippen molar-refractivity contribution in [1.29, 1.82) is 0 Å². The molecular formula is C18H18F3N3O5S2. The van der Waals surface area contributed by atoms with E-state index in [9.17, 15) is 26.4 Å². The number of rotatable bonds is 5. The lowest BCUT2D eigenvalue weighted by Gasteiger charge is -2.32. The van der Waals surface area contributed by atoms with Gasteiger partial charge in [0.25, 0.3) is 10.0 Å². The molecule has 2 aromatic heterocycles. The number of carbonyl (C=O) groups is 1. The van der Waals surface area contributed by atoms with Gasteiger partial charge in [0.05, 0.1) is 11.0 Å². The van der Waals surface area contributed by atoms with E-state index in [4.69, 9.17) is 4.74 Å². The SMILES string of the molecule is C=CC(=O)NC1CC2CCN(S(=O)(=O)c3ccc(-c4cc(C(F)(F)F)on4)s3)CC2O1. The molecule has 0 aromatic carbocycles. The molecular weight excluding hydrogens is 459 g/mol. The third kappa shape index (κ3) is 4.40. The van der Waals surface area contributed by atoms with Crippen LogP contribution in [0, 0.1) is 5.92 Å². The molecule has 0 aliphatic carbocycles. The summed E-state index contributed by atoms with van der Waals surface area (Å²) in [5.41, 5.74) is -0.0857. The van der Waals surface area contributed by atoms with Gasteiger partial charge in [-0.25, -0.2) is 8.42 Å². The van der Waals surface area contributed by atoms with E-state index in [1.807, 2.05) is 0 Å². The molecule has 0 spiro atoms. The Bertz CT molecular complexity index is 1100. The summed E-state index contributed by atoms with van der Waals surface area (Å²) in [4.78, 5) is 11.7. The number of nitrogens with zero attached hydrogens (tertiary/aromatic N) is 2. The van der Waals surface area contributed by atoms with E-state index in [0.29, 0.717) is 12.8 Å². The van der Waals surface area contributed by atoms with E-state index in [0.717, 1.165) is 23.5 Å². The van der Waals surface area contributed by atoms with Crippen LogP contribution in [0.2, 0.25) is 0 Å². The largest absolute Gasteiger partial charge is 0.452 e. The minimum absolute atomic E-state index is 0.00739. The lowest BCUT2D eigenvalue weighted by molar-refractivity contribution is -0.155. The zero-order valence-electron chi connectivity index (χ0n) is 16.0. The van der Waals surface area contributed by atoms with Crippen molar-refractivity contribution in [3.63, 3.8) is 0 Å². The highest BCUT2D eigenvalue weighted by atomic mass is 32.2. The smallest absolute Gasteiger partial charge is 0.354 e. The van der Waals surface area contributed by atoms with Crippen molar-refractivity contribution in [2.24, 2.45) is 5.92 Å². The van der Waals surface area contributed by atoms with Crippen LogP contribution < -0.4 is 5.32 Å². The topological polar surface area (TPSA) is 102 Å². The van der Waals surface area contributed by atoms with E-state index >= 15 is 0 Å². The Kier molecular flexibility index (Phi) is 5.70. The van der Waals surface area contributed by atoms with Gasteiger partial charge in [-0.15, -0.1) is 11.3 Å². The normalized spacial score (nSPS) is 24.7. The molecule has 8 nitrogen and oxygen atoms in total. The predicted octanol–water partition coefficient (Wildman–Crippen LogP) is 2.85. The quantitative estimate of drug-likeness (QED) is 0.665. The summed E-state index contributed by atoms with van der Waals surface area (Å²) in [5, 5.41) is 6.05. The second kappa shape index (κ2) is 8.04. The first-order chi connectivity index (χ1) is 14.6. The van der Waals surface area contributed by atoms with E-state index in [1.54, 1.807) is 0 Å². The lowest BCUT2D eigenvalue weighted by Crippen LogP contribution is -2.45. The molecule has 2 aliphatic heterocycles. The van der Waals surface area contributed by atoms with Gasteiger partial charge >= 0.3 is 6.18 Å². The molecule has 168 valence electrons. The van der Waals surface area contributed by atoms with Crippen molar-refractivity contribution < 1.29 is 35.6 Å². The summed E-state index contributed by atoms with van der Waals surface area (Å²) in [5.74, 6) is -1.49. The van der Waals surface area contributed by atoms with E-state index in [2.05, 4.69) is 21.6 Å². The number of ether oxygens (including phenoxy) is 1. The summed E-state index contributed by atoms with van der Waals surface area (Å²) in [6.45, 7) is 3.80. The number of hydrogen-bond acceptors (Lipinski definition) is 7. The van der Waals surface area contributed by atoms with Crippen molar-refractivity contribution in [2.75, 3.05) is 13.1 Å². The second-order valence-corrected chi connectivity index (χ2v) is 10.5. The first-order valence-corrected chi connectivity index (χ1v) is 11.6. The molecule has 2 saturated heterocycles. The third-order valence-corrected chi connectivity index (χ3v) is 8.66. The molecule has 4 rings (SSSR count). The Morgan fingerprint density at radius 2 is 2.16 bits per heavy atom. The maximum absolute atomic E-state index is 13.1. The fourth-order valence-electron chi connectivity index (χ4n) is 3.68. The van der Waals surface area contributed by atoms with Crippen molar-refractivity contribution in [3.05, 3.63) is 36.6 Å². The van der Waals surface area contributed by atoms with Crippen LogP contribution in [0.4, 0.5) is 13.2 Å². The van der Waals surface area contributed by atoms with Gasteiger partial charge in [-0.05, 0) is 37.0 Å². The molecule has 0 radical (unpaired) electrons. The zero-order chi connectivity index (χ0) is 22.4. The van der Waals surface area contributed by atoms with Gasteiger partial charge in [0, 0.05) is 19.2 Å². The van der Waals surface area contributed by atoms with Crippen LogP contribution in [-0.2, 0) is 25.7 Å². The van der Waals surface area contributed by atoms with E-state index in [1.165, 1.54) is 16.4 Å². The molecule has 3 atom stereocenters. The standard InChI is InChI=1S/C18H18F3N3O5S2/c1-2-15(25)22-16-7-10-5-6-24(9-12(10)28-16)31(26,27)17-4-3-13(30-17)11-8-14(29-23-11)18(19,20)21/h2-4,8,10,12,16H,1,5-7,9H2,(H,22,25). The van der Waals surface area contributed by atoms with Crippen molar-refractivity contribution in [2.45, 2.75) is 35.6 Å². The molecule has 2 aliphatic rings. The minimum atomic E-state index is -4.67. The van der Waals surface area contributed by atoms with Gasteiger partial charge in [-0.2, -0.15) is 17.5 Å². The molecule has 31 heavy (non-hydrogen) atoms. The molecule has 0 bridgehead atoms. The number of thiophene rings is 1. The van der Waals surface area contributed by atoms with Crippen LogP contribution in [0.15, 0.2) is 39.6 Å². The van der Waals surface area contributed by atoms with Gasteiger partial charge in [0.15, 0.2) is 0 Å². The fourth-order valence-corrected chi connectivity index (χ4v) is 6.56. The maximum atomic E-state index is 13.1. The van der Waals surface area contributed by atoms with Crippen molar-refractivity contribution in [1.82, 2.24) is 14.8 Å². The predicted molar refractivity (Wildman–Crippen MR) is 103 cm³/mol. The molecule has 1 amide bonds. The van der Waals surface area contributed by atoms with Gasteiger partial charge < -0.3 is 14.6 Å². The number of aromatic nitrogens is 1. The summed E-state index contributed by atoms with van der Waals surface area (Å²) < 4.78 is 75.6. The van der Waals surface area contributed by atoms with Crippen LogP contribution in [-0.4, -0.2) is 49.2 Å². The van der Waals surface area contributed by atoms with Crippen LogP contribution in [0.25, 0.3) is 10.6 Å². The number of sulfonamides is 1. The first-order valence-electron chi connectivity index (χ1n) is 9.30. The highest BCUT2D eigenvalue weighted by Crippen LogP contribution is 2.38. The number of hydrogen-bond donors (Lipinski definition) is 1. The number of fused-ring (bicyclic) bond motifs is 1. The number of piperidine rings is 1. The average Bonchev–Trinajstić information content (AvgIpc) is 3.44. The Morgan fingerprint density at radius 1 is 1.39 bits per heavy atom. The van der Waals surface area contributed by atoms with Crippen LogP contribution >= 0.6 is 11.3 Å². The monoisotopic (exact) mass is 477 g/mol. The molecule has 13 heteroatoms. The summed E-state index contributed by atoms with van der Waals surface area (Å²) in [6.07, 6.45) is -3.22. The summed E-state index contributed by atoms with van der Waals surface area (Å²) in [7, 11) is -3.87. The van der Waals surface area contributed by atoms with E-state index < -0.39 is 28.2 Å². The molecule has 4 heterocycles. The molecule has 2 aromatic rings. The second-order valence-electron chi connectivity index (χ2n) is 7.22. The first kappa shape index (κ1) is 22.0. The van der Waals surface area contributed by atoms with Crippen LogP contribution in [0.5, 0.6) is 0 Å². The number of alkyl halides is 3. The maximum Gasteiger partial charge on any atom is 0.452 e. The van der Waals surface area contributed by atoms with E-state index in [-0.39, 0.29) is 45.8 Å². The Hall–Kier alpha value is -2.22. The van der Waals surface area contributed by atoms with Gasteiger partial charge in [-0.1, -0.05) is 11.7 Å². The van der Waals surface area contributed by atoms with Crippen LogP contribution in [0.3, 0.4) is 0 Å². The number of nitrogens with one attached hydrogen (secondary N) is 1. The Balaban J connectivity index is 1.47. The summed E-state index contributed by atoms with van der Waals surface area (Å²) >= 11 is 0.819. The molecule has 3 unspecified atom stereocenters. The minimum Gasteiger partial charge on any atom is -0.354 e. The fraction of sp³-hybridized carbons (Fsp3) is 0.444. The van der Waals surface area contributed by atoms with Crippen molar-refractivity contribution >= 4 is 27.3 Å². The molecule has 1 N–H and O–H groups in total. The molecule has 0 saturated carbocycles. The summed E-state index contributed by atoms with van der Waals surface area (Å²) in [6, 6.07) is 3.47. The number of carbonyl (C=O) groups excluding carboxylic acids is 1. The molecule has 2 fully saturated rings. The van der Waals surface area contributed by atoms with Crippen molar-refractivity contribution in [3.8, 4) is 10.6 Å². The van der Waals surface area contributed by atoms with Gasteiger partial charge in [0.2, 0.25) is 11.7 Å². The zero-order valence-corrected chi connectivity index (χ0v) is 17.6. The third-order valence-electron chi connectivity index (χ3n) is 5.22. The Morgan fingerprint density at radius 3 is 2.84 bits per heavy atom. The lowest BCUT2D eigenvalue weighted by atomic mass is 9.94.